The van der Waals surface area contributed by atoms with Crippen LogP contribution in [0.25, 0.3) is 17.0 Å². The Labute approximate surface area is 161 Å². The molecule has 0 radical (unpaired) electrons. The van der Waals surface area contributed by atoms with Gasteiger partial charge in [0.05, 0.1) is 10.5 Å². The molecule has 27 heavy (non-hydrogen) atoms. The Balaban J connectivity index is 1.71. The average Bonchev–Trinajstić information content (AvgIpc) is 3.18. The number of fused-ring (bicyclic) bond motifs is 1. The smallest absolute Gasteiger partial charge is 0.263 e. The zero-order chi connectivity index (χ0) is 19.0. The predicted octanol–water partition coefficient (Wildman–Crippen LogP) is 3.99. The number of carbonyl (C=O) groups excluding carboxylic acids is 1. The lowest BCUT2D eigenvalue weighted by atomic mass is 10.2. The highest BCUT2D eigenvalue weighted by Crippen LogP contribution is 2.29. The zero-order valence-corrected chi connectivity index (χ0v) is 15.0. The fourth-order valence-corrected chi connectivity index (χ4v) is 3.43. The van der Waals surface area contributed by atoms with E-state index < -0.39 is 11.6 Å². The Hall–Kier alpha value is -3.02. The molecule has 3 heterocycles. The first-order valence-electron chi connectivity index (χ1n) is 7.59. The number of thioether (sulfide) groups is 1. The van der Waals surface area contributed by atoms with E-state index in [2.05, 4.69) is 22.1 Å². The molecular weight excluding hydrogens is 390 g/mol. The third-order valence-corrected chi connectivity index (χ3v) is 4.78. The predicted molar refractivity (Wildman–Crippen MR) is 103 cm³/mol. The fourth-order valence-electron chi connectivity index (χ4n) is 2.41. The van der Waals surface area contributed by atoms with Crippen molar-refractivity contribution >= 4 is 51.3 Å². The maximum absolute atomic E-state index is 13.3. The van der Waals surface area contributed by atoms with E-state index in [9.17, 15) is 13.6 Å². The van der Waals surface area contributed by atoms with Crippen molar-refractivity contribution in [3.05, 3.63) is 70.1 Å². The molecule has 1 aliphatic rings. The van der Waals surface area contributed by atoms with E-state index in [0.717, 1.165) is 23.9 Å². The van der Waals surface area contributed by atoms with Crippen molar-refractivity contribution in [2.45, 2.75) is 0 Å². The molecule has 4 nitrogen and oxygen atoms in total. The number of aromatic nitrogens is 1. The molecule has 2 aromatic heterocycles. The SMILES string of the molecule is O=C1NC(=S)SC1=Cc1cc2cncc(C#Cc3ccc(F)c(F)c3)c2o1. The molecule has 1 amide bonds. The van der Waals surface area contributed by atoms with Gasteiger partial charge in [-0.25, -0.2) is 8.78 Å². The monoisotopic (exact) mass is 398 g/mol. The lowest BCUT2D eigenvalue weighted by Crippen LogP contribution is -2.17. The summed E-state index contributed by atoms with van der Waals surface area (Å²) in [5.74, 6) is 3.90. The Morgan fingerprint density at radius 1 is 1.19 bits per heavy atom. The first kappa shape index (κ1) is 17.4. The average molecular weight is 398 g/mol. The standard InChI is InChI=1S/C19H8F2N2O2S2/c20-14-4-2-10(5-15(14)21)1-3-11-8-22-9-12-6-13(25-17(11)12)7-16-18(24)23-19(26)27-16/h2,4-9H,(H,23,24,26). The van der Waals surface area contributed by atoms with Crippen molar-refractivity contribution in [2.75, 3.05) is 0 Å². The number of hydrogen-bond donors (Lipinski definition) is 1. The van der Waals surface area contributed by atoms with Crippen LogP contribution in [0.2, 0.25) is 0 Å². The highest BCUT2D eigenvalue weighted by molar-refractivity contribution is 8.26. The maximum Gasteiger partial charge on any atom is 0.263 e. The number of rotatable bonds is 1. The van der Waals surface area contributed by atoms with E-state index in [-0.39, 0.29) is 5.91 Å². The summed E-state index contributed by atoms with van der Waals surface area (Å²) in [5, 5.41) is 3.23. The number of halogens is 2. The number of nitrogens with zero attached hydrogens (tertiary/aromatic N) is 1. The second kappa shape index (κ2) is 6.95. The number of nitrogens with one attached hydrogen (secondary N) is 1. The van der Waals surface area contributed by atoms with Crippen LogP contribution in [0.15, 0.2) is 46.0 Å². The van der Waals surface area contributed by atoms with Crippen LogP contribution in [0.1, 0.15) is 16.9 Å². The molecule has 8 heteroatoms. The van der Waals surface area contributed by atoms with Crippen molar-refractivity contribution in [3.63, 3.8) is 0 Å². The molecule has 1 saturated heterocycles. The lowest BCUT2D eigenvalue weighted by Gasteiger charge is -1.94. The fraction of sp³-hybridized carbons (Fsp3) is 0. The summed E-state index contributed by atoms with van der Waals surface area (Å²) in [6.45, 7) is 0. The summed E-state index contributed by atoms with van der Waals surface area (Å²) in [5.41, 5.74) is 1.30. The van der Waals surface area contributed by atoms with Gasteiger partial charge >= 0.3 is 0 Å². The van der Waals surface area contributed by atoms with Gasteiger partial charge in [-0.3, -0.25) is 9.78 Å². The van der Waals surface area contributed by atoms with Crippen molar-refractivity contribution in [1.82, 2.24) is 10.3 Å². The van der Waals surface area contributed by atoms with Gasteiger partial charge < -0.3 is 9.73 Å². The summed E-state index contributed by atoms with van der Waals surface area (Å²) >= 11 is 6.11. The van der Waals surface area contributed by atoms with Crippen LogP contribution in [-0.4, -0.2) is 15.2 Å². The molecule has 0 bridgehead atoms. The number of thiocarbonyl (C=S) groups is 1. The second-order valence-corrected chi connectivity index (χ2v) is 7.20. The molecular formula is C19H8F2N2O2S2. The Kier molecular flexibility index (Phi) is 4.48. The van der Waals surface area contributed by atoms with Crippen molar-refractivity contribution < 1.29 is 18.0 Å². The van der Waals surface area contributed by atoms with Crippen LogP contribution < -0.4 is 5.32 Å². The molecule has 132 valence electrons. The van der Waals surface area contributed by atoms with Crippen LogP contribution in [0.3, 0.4) is 0 Å². The van der Waals surface area contributed by atoms with E-state index in [1.54, 1.807) is 18.3 Å². The molecule has 1 aromatic carbocycles. The largest absolute Gasteiger partial charge is 0.455 e. The minimum atomic E-state index is -0.963. The number of amides is 1. The normalized spacial score (nSPS) is 15.1. The summed E-state index contributed by atoms with van der Waals surface area (Å²) in [6.07, 6.45) is 4.71. The van der Waals surface area contributed by atoms with Gasteiger partial charge in [-0.2, -0.15) is 0 Å². The summed E-state index contributed by atoms with van der Waals surface area (Å²) < 4.78 is 32.5. The van der Waals surface area contributed by atoms with Gasteiger partial charge in [0.2, 0.25) is 0 Å². The van der Waals surface area contributed by atoms with Crippen LogP contribution in [0.5, 0.6) is 0 Å². The maximum atomic E-state index is 13.3. The van der Waals surface area contributed by atoms with E-state index in [4.69, 9.17) is 16.6 Å². The topological polar surface area (TPSA) is 55.1 Å². The number of carbonyl (C=O) groups is 1. The molecule has 1 N–H and O–H groups in total. The van der Waals surface area contributed by atoms with Crippen LogP contribution in [-0.2, 0) is 4.79 Å². The summed E-state index contributed by atoms with van der Waals surface area (Å²) in [6, 6.07) is 5.15. The molecule has 4 rings (SSSR count). The van der Waals surface area contributed by atoms with E-state index in [1.807, 2.05) is 0 Å². The van der Waals surface area contributed by atoms with Crippen molar-refractivity contribution in [3.8, 4) is 11.8 Å². The molecule has 1 fully saturated rings. The van der Waals surface area contributed by atoms with Gasteiger partial charge in [-0.1, -0.05) is 35.8 Å². The molecule has 1 aliphatic heterocycles. The molecule has 0 unspecified atom stereocenters. The Bertz CT molecular complexity index is 1210. The Morgan fingerprint density at radius 2 is 2.04 bits per heavy atom. The van der Waals surface area contributed by atoms with E-state index in [1.165, 1.54) is 12.3 Å². The Morgan fingerprint density at radius 3 is 2.78 bits per heavy atom. The molecule has 0 atom stereocenters. The van der Waals surface area contributed by atoms with Gasteiger partial charge in [-0.15, -0.1) is 0 Å². The van der Waals surface area contributed by atoms with Gasteiger partial charge in [0.15, 0.2) is 17.2 Å². The number of hydrogen-bond acceptors (Lipinski definition) is 5. The third-order valence-electron chi connectivity index (χ3n) is 3.62. The minimum Gasteiger partial charge on any atom is -0.455 e. The first-order valence-corrected chi connectivity index (χ1v) is 8.81. The molecule has 0 saturated carbocycles. The van der Waals surface area contributed by atoms with E-state index >= 15 is 0 Å². The minimum absolute atomic E-state index is 0.276. The van der Waals surface area contributed by atoms with Crippen LogP contribution >= 0.6 is 24.0 Å². The summed E-state index contributed by atoms with van der Waals surface area (Å²) in [7, 11) is 0. The lowest BCUT2D eigenvalue weighted by molar-refractivity contribution is -0.115. The highest BCUT2D eigenvalue weighted by Gasteiger charge is 2.22. The second-order valence-electron chi connectivity index (χ2n) is 5.49. The number of benzene rings is 1. The molecule has 0 aliphatic carbocycles. The number of pyridine rings is 1. The van der Waals surface area contributed by atoms with Gasteiger partial charge in [0.1, 0.15) is 10.1 Å². The zero-order valence-electron chi connectivity index (χ0n) is 13.4. The van der Waals surface area contributed by atoms with E-state index in [0.29, 0.717) is 37.1 Å². The first-order chi connectivity index (χ1) is 13.0. The van der Waals surface area contributed by atoms with Crippen molar-refractivity contribution in [1.29, 1.82) is 0 Å². The third kappa shape index (κ3) is 3.60. The van der Waals surface area contributed by atoms with Gasteiger partial charge in [-0.05, 0) is 24.3 Å². The van der Waals surface area contributed by atoms with Crippen LogP contribution in [0.4, 0.5) is 8.78 Å². The van der Waals surface area contributed by atoms with Gasteiger partial charge in [0, 0.05) is 29.4 Å². The number of furan rings is 1. The van der Waals surface area contributed by atoms with Crippen LogP contribution in [0, 0.1) is 23.5 Å². The quantitative estimate of drug-likeness (QED) is 0.382. The molecule has 0 spiro atoms. The highest BCUT2D eigenvalue weighted by atomic mass is 32.2. The van der Waals surface area contributed by atoms with Gasteiger partial charge in [0.25, 0.3) is 5.91 Å². The molecule has 3 aromatic rings. The van der Waals surface area contributed by atoms with Crippen molar-refractivity contribution in [2.24, 2.45) is 0 Å². The summed E-state index contributed by atoms with van der Waals surface area (Å²) in [4.78, 5) is 16.3.